The molecule has 19 heavy (non-hydrogen) atoms. The molecule has 0 aromatic heterocycles. The van der Waals surface area contributed by atoms with Gasteiger partial charge in [0.15, 0.2) is 0 Å². The summed E-state index contributed by atoms with van der Waals surface area (Å²) in [5, 5.41) is 10.2. The maximum atomic E-state index is 10.2. The first-order chi connectivity index (χ1) is 9.10. The minimum atomic E-state index is -0.188. The molecule has 0 bridgehead atoms. The molecule has 3 nitrogen and oxygen atoms in total. The number of rotatable bonds is 4. The highest BCUT2D eigenvalue weighted by atomic mass is 16.5. The maximum Gasteiger partial charge on any atom is 0.119 e. The Labute approximate surface area is 116 Å². The summed E-state index contributed by atoms with van der Waals surface area (Å²) in [4.78, 5) is 2.27. The Bertz CT molecular complexity index is 407. The number of methoxy groups -OCH3 is 1. The number of aliphatic hydroxyl groups is 1. The fraction of sp³-hybridized carbons (Fsp3) is 0.625. The number of aliphatic hydroxyl groups excluding tert-OH is 1. The number of hydrogen-bond acceptors (Lipinski definition) is 3. The fourth-order valence-electron chi connectivity index (χ4n) is 2.98. The molecule has 0 radical (unpaired) electrons. The van der Waals surface area contributed by atoms with E-state index in [4.69, 9.17) is 4.74 Å². The van der Waals surface area contributed by atoms with Gasteiger partial charge in [0.25, 0.3) is 0 Å². The second-order valence-corrected chi connectivity index (χ2v) is 5.82. The number of likely N-dealkylation sites (N-methyl/N-ethyl adjacent to an activating group) is 1. The minimum Gasteiger partial charge on any atom is -0.497 e. The molecule has 1 N–H and O–H groups in total. The third-order valence-electron chi connectivity index (χ3n) is 4.18. The van der Waals surface area contributed by atoms with Gasteiger partial charge in [-0.15, -0.1) is 0 Å². The van der Waals surface area contributed by atoms with Crippen LogP contribution in [0.1, 0.15) is 31.7 Å². The monoisotopic (exact) mass is 263 g/mol. The van der Waals surface area contributed by atoms with Gasteiger partial charge < -0.3 is 9.84 Å². The van der Waals surface area contributed by atoms with Crippen LogP contribution in [0.4, 0.5) is 0 Å². The molecule has 0 heterocycles. The van der Waals surface area contributed by atoms with E-state index in [0.29, 0.717) is 5.92 Å². The summed E-state index contributed by atoms with van der Waals surface area (Å²) in [6.07, 6.45) is 2.97. The van der Waals surface area contributed by atoms with Crippen LogP contribution in [-0.4, -0.2) is 36.3 Å². The lowest BCUT2D eigenvalue weighted by Gasteiger charge is -2.38. The summed E-state index contributed by atoms with van der Waals surface area (Å²) >= 11 is 0. The lowest BCUT2D eigenvalue weighted by atomic mass is 9.84. The van der Waals surface area contributed by atoms with Gasteiger partial charge in [-0.2, -0.15) is 0 Å². The molecule has 3 atom stereocenters. The van der Waals surface area contributed by atoms with E-state index in [1.54, 1.807) is 7.11 Å². The Kier molecular flexibility index (Phi) is 4.83. The highest BCUT2D eigenvalue weighted by Crippen LogP contribution is 2.28. The second-order valence-electron chi connectivity index (χ2n) is 5.82. The largest absolute Gasteiger partial charge is 0.497 e. The van der Waals surface area contributed by atoms with Crippen molar-refractivity contribution in [3.63, 3.8) is 0 Å². The van der Waals surface area contributed by atoms with E-state index in [0.717, 1.165) is 31.6 Å². The second kappa shape index (κ2) is 6.40. The van der Waals surface area contributed by atoms with Crippen molar-refractivity contribution in [3.05, 3.63) is 29.8 Å². The SMILES string of the molecule is COc1cccc(CN(C)C2CC(C)CCC2O)c1. The van der Waals surface area contributed by atoms with Crippen molar-refractivity contribution >= 4 is 0 Å². The number of benzene rings is 1. The Balaban J connectivity index is 2.00. The van der Waals surface area contributed by atoms with Gasteiger partial charge in [0.1, 0.15) is 5.75 Å². The quantitative estimate of drug-likeness (QED) is 0.906. The molecule has 0 spiro atoms. The van der Waals surface area contributed by atoms with Crippen LogP contribution in [0.25, 0.3) is 0 Å². The van der Waals surface area contributed by atoms with Crippen molar-refractivity contribution in [3.8, 4) is 5.75 Å². The molecular formula is C16H25NO2. The van der Waals surface area contributed by atoms with E-state index in [9.17, 15) is 5.11 Å². The van der Waals surface area contributed by atoms with Crippen LogP contribution in [0.2, 0.25) is 0 Å². The van der Waals surface area contributed by atoms with Gasteiger partial charge in [0, 0.05) is 12.6 Å². The standard InChI is InChI=1S/C16H25NO2/c1-12-7-8-16(18)15(9-12)17(2)11-13-5-4-6-14(10-13)19-3/h4-6,10,12,15-16,18H,7-9,11H2,1-3H3. The Morgan fingerprint density at radius 3 is 2.89 bits per heavy atom. The fourth-order valence-corrected chi connectivity index (χ4v) is 2.98. The van der Waals surface area contributed by atoms with Crippen molar-refractivity contribution in [2.45, 2.75) is 44.9 Å². The molecule has 1 aliphatic rings. The van der Waals surface area contributed by atoms with Crippen LogP contribution in [0.3, 0.4) is 0 Å². The molecule has 1 aromatic carbocycles. The zero-order chi connectivity index (χ0) is 13.8. The van der Waals surface area contributed by atoms with Gasteiger partial charge in [0.2, 0.25) is 0 Å². The molecule has 3 heteroatoms. The van der Waals surface area contributed by atoms with Crippen molar-refractivity contribution in [2.24, 2.45) is 5.92 Å². The van der Waals surface area contributed by atoms with Crippen LogP contribution >= 0.6 is 0 Å². The van der Waals surface area contributed by atoms with Crippen molar-refractivity contribution < 1.29 is 9.84 Å². The third kappa shape index (κ3) is 3.71. The van der Waals surface area contributed by atoms with Gasteiger partial charge in [0.05, 0.1) is 13.2 Å². The molecular weight excluding hydrogens is 238 g/mol. The molecule has 1 fully saturated rings. The molecule has 1 aromatic rings. The summed E-state index contributed by atoms with van der Waals surface area (Å²) < 4.78 is 5.25. The highest BCUT2D eigenvalue weighted by Gasteiger charge is 2.29. The average Bonchev–Trinajstić information content (AvgIpc) is 2.41. The van der Waals surface area contributed by atoms with Crippen LogP contribution in [0.5, 0.6) is 5.75 Å². The summed E-state index contributed by atoms with van der Waals surface area (Å²) in [6, 6.07) is 8.42. The molecule has 3 unspecified atom stereocenters. The molecule has 1 aliphatic carbocycles. The average molecular weight is 263 g/mol. The first-order valence-electron chi connectivity index (χ1n) is 7.11. The predicted molar refractivity (Wildman–Crippen MR) is 77.3 cm³/mol. The molecule has 0 aliphatic heterocycles. The van der Waals surface area contributed by atoms with Crippen molar-refractivity contribution in [1.29, 1.82) is 0 Å². The van der Waals surface area contributed by atoms with E-state index >= 15 is 0 Å². The normalized spacial score (nSPS) is 27.5. The summed E-state index contributed by atoms with van der Waals surface area (Å²) in [6.45, 7) is 3.13. The van der Waals surface area contributed by atoms with Crippen LogP contribution in [-0.2, 0) is 6.54 Å². The zero-order valence-electron chi connectivity index (χ0n) is 12.2. The van der Waals surface area contributed by atoms with E-state index in [1.165, 1.54) is 5.56 Å². The zero-order valence-corrected chi connectivity index (χ0v) is 12.2. The summed E-state index contributed by atoms with van der Waals surface area (Å²) in [5.41, 5.74) is 1.23. The number of hydrogen-bond donors (Lipinski definition) is 1. The van der Waals surface area contributed by atoms with Gasteiger partial charge in [-0.05, 0) is 49.9 Å². The molecule has 106 valence electrons. The first-order valence-corrected chi connectivity index (χ1v) is 7.11. The maximum absolute atomic E-state index is 10.2. The van der Waals surface area contributed by atoms with Gasteiger partial charge in [-0.1, -0.05) is 19.1 Å². The van der Waals surface area contributed by atoms with Crippen molar-refractivity contribution in [1.82, 2.24) is 4.90 Å². The van der Waals surface area contributed by atoms with Gasteiger partial charge >= 0.3 is 0 Å². The van der Waals surface area contributed by atoms with Gasteiger partial charge in [-0.3, -0.25) is 4.90 Å². The molecule has 0 amide bonds. The topological polar surface area (TPSA) is 32.7 Å². The first kappa shape index (κ1) is 14.4. The van der Waals surface area contributed by atoms with E-state index in [1.807, 2.05) is 12.1 Å². The van der Waals surface area contributed by atoms with E-state index in [-0.39, 0.29) is 12.1 Å². The van der Waals surface area contributed by atoms with Crippen LogP contribution in [0, 0.1) is 5.92 Å². The number of ether oxygens (including phenoxy) is 1. The van der Waals surface area contributed by atoms with Crippen molar-refractivity contribution in [2.75, 3.05) is 14.2 Å². The van der Waals surface area contributed by atoms with Crippen LogP contribution in [0.15, 0.2) is 24.3 Å². The summed E-state index contributed by atoms with van der Waals surface area (Å²) in [5.74, 6) is 1.60. The number of nitrogens with zero attached hydrogens (tertiary/aromatic N) is 1. The Morgan fingerprint density at radius 2 is 2.16 bits per heavy atom. The lowest BCUT2D eigenvalue weighted by Crippen LogP contribution is -2.44. The summed E-state index contributed by atoms with van der Waals surface area (Å²) in [7, 11) is 3.79. The van der Waals surface area contributed by atoms with Crippen LogP contribution < -0.4 is 4.74 Å². The molecule has 0 saturated heterocycles. The highest BCUT2D eigenvalue weighted by molar-refractivity contribution is 5.28. The Hall–Kier alpha value is -1.06. The molecule has 1 saturated carbocycles. The van der Waals surface area contributed by atoms with E-state index < -0.39 is 0 Å². The van der Waals surface area contributed by atoms with E-state index in [2.05, 4.69) is 31.0 Å². The lowest BCUT2D eigenvalue weighted by molar-refractivity contribution is 0.0139. The smallest absolute Gasteiger partial charge is 0.119 e. The molecule has 2 rings (SSSR count). The van der Waals surface area contributed by atoms with Gasteiger partial charge in [-0.25, -0.2) is 0 Å². The predicted octanol–water partition coefficient (Wildman–Crippen LogP) is 2.68. The third-order valence-corrected chi connectivity index (χ3v) is 4.18. The minimum absolute atomic E-state index is 0.188. The Morgan fingerprint density at radius 1 is 1.37 bits per heavy atom.